The highest BCUT2D eigenvalue weighted by molar-refractivity contribution is 5.65. The molecule has 1 atom stereocenters. The second kappa shape index (κ2) is 6.55. The summed E-state index contributed by atoms with van der Waals surface area (Å²) in [7, 11) is 0. The standard InChI is InChI=1S/C20H18F3N5O/c21-20(22,23)15-6-8-24-18(25-15)28-9-7-19(11-28)12-29-10-14-16(26-27-17(14)19)13-4-2-1-3-5-13/h1-6,8H,7,9-12H2,(H,26,27)/t19-/m1/s1. The van der Waals surface area contributed by atoms with Crippen LogP contribution in [0.5, 0.6) is 0 Å². The molecule has 0 radical (unpaired) electrons. The van der Waals surface area contributed by atoms with Gasteiger partial charge in [-0.3, -0.25) is 5.10 Å². The highest BCUT2D eigenvalue weighted by Crippen LogP contribution is 2.42. The minimum Gasteiger partial charge on any atom is -0.376 e. The highest BCUT2D eigenvalue weighted by atomic mass is 19.4. The van der Waals surface area contributed by atoms with Crippen LogP contribution >= 0.6 is 0 Å². The molecule has 1 aromatic carbocycles. The Bertz CT molecular complexity index is 1040. The average molecular weight is 401 g/mol. The Labute approximate surface area is 164 Å². The van der Waals surface area contributed by atoms with E-state index in [-0.39, 0.29) is 11.4 Å². The van der Waals surface area contributed by atoms with Crippen LogP contribution in [-0.4, -0.2) is 39.9 Å². The minimum atomic E-state index is -4.50. The van der Waals surface area contributed by atoms with E-state index in [2.05, 4.69) is 20.2 Å². The molecule has 1 fully saturated rings. The minimum absolute atomic E-state index is 0.0895. The van der Waals surface area contributed by atoms with Crippen molar-refractivity contribution in [3.05, 3.63) is 59.5 Å². The first-order valence-corrected chi connectivity index (χ1v) is 9.32. The molecule has 3 aromatic rings. The summed E-state index contributed by atoms with van der Waals surface area (Å²) in [5, 5.41) is 7.72. The summed E-state index contributed by atoms with van der Waals surface area (Å²) in [5.41, 5.74) is 2.56. The van der Waals surface area contributed by atoms with Crippen LogP contribution in [0.3, 0.4) is 0 Å². The zero-order valence-corrected chi connectivity index (χ0v) is 15.4. The molecular weight excluding hydrogens is 383 g/mol. The predicted molar refractivity (Wildman–Crippen MR) is 99.2 cm³/mol. The van der Waals surface area contributed by atoms with Crippen molar-refractivity contribution in [2.75, 3.05) is 24.6 Å². The number of rotatable bonds is 2. The maximum Gasteiger partial charge on any atom is 0.433 e. The third kappa shape index (κ3) is 3.05. The number of fused-ring (bicyclic) bond motifs is 2. The lowest BCUT2D eigenvalue weighted by Crippen LogP contribution is -2.40. The Morgan fingerprint density at radius 3 is 2.76 bits per heavy atom. The van der Waals surface area contributed by atoms with Crippen molar-refractivity contribution in [1.82, 2.24) is 20.2 Å². The molecule has 2 aromatic heterocycles. The van der Waals surface area contributed by atoms with Gasteiger partial charge in [0.05, 0.1) is 30.0 Å². The molecule has 4 heterocycles. The maximum atomic E-state index is 13.0. The van der Waals surface area contributed by atoms with E-state index in [0.717, 1.165) is 41.2 Å². The SMILES string of the molecule is FC(F)(F)c1ccnc(N2CC[C@]3(COCc4c(-c5ccccc5)n[nH]c43)C2)n1. The van der Waals surface area contributed by atoms with Crippen LogP contribution in [0, 0.1) is 0 Å². The largest absolute Gasteiger partial charge is 0.433 e. The number of nitrogens with zero attached hydrogens (tertiary/aromatic N) is 4. The van der Waals surface area contributed by atoms with Gasteiger partial charge in [0.1, 0.15) is 5.69 Å². The number of hydrogen-bond acceptors (Lipinski definition) is 5. The number of aromatic amines is 1. The van der Waals surface area contributed by atoms with Crippen LogP contribution in [0.4, 0.5) is 19.1 Å². The van der Waals surface area contributed by atoms with Crippen LogP contribution in [0.15, 0.2) is 42.6 Å². The van der Waals surface area contributed by atoms with Gasteiger partial charge in [-0.15, -0.1) is 0 Å². The molecule has 0 unspecified atom stereocenters. The van der Waals surface area contributed by atoms with E-state index in [1.54, 1.807) is 4.90 Å². The van der Waals surface area contributed by atoms with Gasteiger partial charge >= 0.3 is 6.18 Å². The third-order valence-electron chi connectivity index (χ3n) is 5.64. The van der Waals surface area contributed by atoms with Gasteiger partial charge in [0, 0.05) is 30.4 Å². The summed E-state index contributed by atoms with van der Waals surface area (Å²) in [4.78, 5) is 9.59. The van der Waals surface area contributed by atoms with E-state index in [1.807, 2.05) is 30.3 Å². The fourth-order valence-electron chi connectivity index (χ4n) is 4.22. The summed E-state index contributed by atoms with van der Waals surface area (Å²) >= 11 is 0. The molecule has 5 rings (SSSR count). The fraction of sp³-hybridized carbons (Fsp3) is 0.350. The quantitative estimate of drug-likeness (QED) is 0.711. The second-order valence-corrected chi connectivity index (χ2v) is 7.48. The van der Waals surface area contributed by atoms with Gasteiger partial charge in [0.25, 0.3) is 0 Å². The Morgan fingerprint density at radius 1 is 1.14 bits per heavy atom. The summed E-state index contributed by atoms with van der Waals surface area (Å²) in [5.74, 6) is 0.0895. The molecule has 0 aliphatic carbocycles. The Morgan fingerprint density at radius 2 is 1.97 bits per heavy atom. The maximum absolute atomic E-state index is 13.0. The van der Waals surface area contributed by atoms with Gasteiger partial charge in [-0.25, -0.2) is 9.97 Å². The average Bonchev–Trinajstić information content (AvgIpc) is 3.34. The molecule has 1 N–H and O–H groups in total. The van der Waals surface area contributed by atoms with Crippen molar-refractivity contribution in [3.8, 4) is 11.3 Å². The molecule has 29 heavy (non-hydrogen) atoms. The number of benzene rings is 1. The summed E-state index contributed by atoms with van der Waals surface area (Å²) in [6.07, 6.45) is -2.62. The van der Waals surface area contributed by atoms with E-state index in [0.29, 0.717) is 26.3 Å². The van der Waals surface area contributed by atoms with Crippen molar-refractivity contribution in [1.29, 1.82) is 0 Å². The summed E-state index contributed by atoms with van der Waals surface area (Å²) in [6.45, 7) is 1.95. The van der Waals surface area contributed by atoms with E-state index in [9.17, 15) is 13.2 Å². The number of anilines is 1. The van der Waals surface area contributed by atoms with Crippen molar-refractivity contribution >= 4 is 5.95 Å². The van der Waals surface area contributed by atoms with E-state index in [4.69, 9.17) is 4.74 Å². The molecule has 2 aliphatic rings. The van der Waals surface area contributed by atoms with E-state index in [1.165, 1.54) is 0 Å². The van der Waals surface area contributed by atoms with Gasteiger partial charge < -0.3 is 9.64 Å². The Kier molecular flexibility index (Phi) is 4.09. The number of halogens is 3. The van der Waals surface area contributed by atoms with Crippen LogP contribution < -0.4 is 4.90 Å². The lowest BCUT2D eigenvalue weighted by atomic mass is 9.80. The highest BCUT2D eigenvalue weighted by Gasteiger charge is 2.46. The fourth-order valence-corrected chi connectivity index (χ4v) is 4.22. The smallest absolute Gasteiger partial charge is 0.376 e. The van der Waals surface area contributed by atoms with Crippen molar-refractivity contribution in [3.63, 3.8) is 0 Å². The number of hydrogen-bond donors (Lipinski definition) is 1. The first-order chi connectivity index (χ1) is 14.0. The number of aromatic nitrogens is 4. The number of nitrogens with one attached hydrogen (secondary N) is 1. The van der Waals surface area contributed by atoms with Gasteiger partial charge in [-0.1, -0.05) is 30.3 Å². The van der Waals surface area contributed by atoms with Crippen molar-refractivity contribution in [2.24, 2.45) is 0 Å². The van der Waals surface area contributed by atoms with E-state index < -0.39 is 11.9 Å². The molecule has 9 heteroatoms. The molecule has 2 aliphatic heterocycles. The molecule has 0 amide bonds. The Hall–Kier alpha value is -2.94. The van der Waals surface area contributed by atoms with Crippen LogP contribution in [-0.2, 0) is 22.9 Å². The van der Waals surface area contributed by atoms with Gasteiger partial charge in [0.2, 0.25) is 5.95 Å². The third-order valence-corrected chi connectivity index (χ3v) is 5.64. The van der Waals surface area contributed by atoms with Crippen LogP contribution in [0.1, 0.15) is 23.4 Å². The first-order valence-electron chi connectivity index (χ1n) is 9.32. The molecule has 6 nitrogen and oxygen atoms in total. The van der Waals surface area contributed by atoms with Gasteiger partial charge in [0.15, 0.2) is 0 Å². The lowest BCUT2D eigenvalue weighted by molar-refractivity contribution is -0.141. The van der Waals surface area contributed by atoms with Crippen LogP contribution in [0.25, 0.3) is 11.3 Å². The van der Waals surface area contributed by atoms with Crippen molar-refractivity contribution in [2.45, 2.75) is 24.6 Å². The number of H-pyrrole nitrogens is 1. The summed E-state index contributed by atoms with van der Waals surface area (Å²) in [6, 6.07) is 10.7. The van der Waals surface area contributed by atoms with Crippen LogP contribution in [0.2, 0.25) is 0 Å². The predicted octanol–water partition coefficient (Wildman–Crippen LogP) is 3.56. The molecule has 1 spiro atoms. The lowest BCUT2D eigenvalue weighted by Gasteiger charge is -2.33. The molecular formula is C20H18F3N5O. The van der Waals surface area contributed by atoms with E-state index >= 15 is 0 Å². The molecule has 0 saturated carbocycles. The Balaban J connectivity index is 1.47. The zero-order valence-electron chi connectivity index (χ0n) is 15.4. The first kappa shape index (κ1) is 18.1. The number of alkyl halides is 3. The second-order valence-electron chi connectivity index (χ2n) is 7.48. The monoisotopic (exact) mass is 401 g/mol. The number of ether oxygens (including phenoxy) is 1. The van der Waals surface area contributed by atoms with Crippen molar-refractivity contribution < 1.29 is 17.9 Å². The zero-order chi connectivity index (χ0) is 20.1. The molecule has 1 saturated heterocycles. The van der Waals surface area contributed by atoms with Gasteiger partial charge in [-0.2, -0.15) is 18.3 Å². The summed E-state index contributed by atoms with van der Waals surface area (Å²) < 4.78 is 45.0. The molecule has 150 valence electrons. The van der Waals surface area contributed by atoms with Gasteiger partial charge in [-0.05, 0) is 12.5 Å². The topological polar surface area (TPSA) is 66.9 Å². The molecule has 0 bridgehead atoms. The normalized spacial score (nSPS) is 21.6.